The quantitative estimate of drug-likeness (QED) is 0.685. The predicted molar refractivity (Wildman–Crippen MR) is 55.1 cm³/mol. The van der Waals surface area contributed by atoms with Crippen molar-refractivity contribution < 1.29 is 9.53 Å². The summed E-state index contributed by atoms with van der Waals surface area (Å²) in [5.41, 5.74) is 0. The molecule has 0 saturated carbocycles. The monoisotopic (exact) mass is 200 g/mol. The topological polar surface area (TPSA) is 50.4 Å². The van der Waals surface area contributed by atoms with E-state index in [0.717, 1.165) is 19.4 Å². The molecule has 0 bridgehead atoms. The van der Waals surface area contributed by atoms with Gasteiger partial charge in [0.1, 0.15) is 6.61 Å². The summed E-state index contributed by atoms with van der Waals surface area (Å²) in [6, 6.07) is 0.820. The number of hydrogen-bond donors (Lipinski definition) is 2. The first-order chi connectivity index (χ1) is 6.72. The molecule has 1 fully saturated rings. The lowest BCUT2D eigenvalue weighted by Gasteiger charge is -2.28. The molecule has 1 aliphatic heterocycles. The molecule has 0 aromatic rings. The zero-order chi connectivity index (χ0) is 10.4. The van der Waals surface area contributed by atoms with Gasteiger partial charge in [-0.3, -0.25) is 4.79 Å². The molecule has 4 nitrogen and oxygen atoms in total. The van der Waals surface area contributed by atoms with Crippen LogP contribution in [0.3, 0.4) is 0 Å². The van der Waals surface area contributed by atoms with Gasteiger partial charge in [0.05, 0.1) is 0 Å². The summed E-state index contributed by atoms with van der Waals surface area (Å²) in [6.45, 7) is 5.80. The summed E-state index contributed by atoms with van der Waals surface area (Å²) in [7, 11) is 0. The van der Waals surface area contributed by atoms with E-state index in [-0.39, 0.29) is 12.5 Å². The van der Waals surface area contributed by atoms with Crippen LogP contribution in [0, 0.1) is 0 Å². The molecule has 2 unspecified atom stereocenters. The Labute approximate surface area is 85.4 Å². The van der Waals surface area contributed by atoms with Crippen LogP contribution in [-0.4, -0.2) is 37.7 Å². The van der Waals surface area contributed by atoms with Gasteiger partial charge in [-0.2, -0.15) is 0 Å². The van der Waals surface area contributed by atoms with Gasteiger partial charge < -0.3 is 15.4 Å². The van der Waals surface area contributed by atoms with Gasteiger partial charge in [0.15, 0.2) is 0 Å². The molecule has 2 N–H and O–H groups in total. The molecule has 82 valence electrons. The highest BCUT2D eigenvalue weighted by Crippen LogP contribution is 2.07. The Balaban J connectivity index is 2.18. The fraction of sp³-hybridized carbons (Fsp3) is 0.900. The minimum absolute atomic E-state index is 0.00551. The third-order valence-corrected chi connectivity index (χ3v) is 2.43. The number of piperidine rings is 1. The van der Waals surface area contributed by atoms with Crippen molar-refractivity contribution in [2.24, 2.45) is 0 Å². The number of carbonyl (C=O) groups is 1. The van der Waals surface area contributed by atoms with Gasteiger partial charge in [-0.25, -0.2) is 0 Å². The number of rotatable bonds is 4. The lowest BCUT2D eigenvalue weighted by Crippen LogP contribution is -2.47. The van der Waals surface area contributed by atoms with E-state index in [4.69, 9.17) is 4.74 Å². The van der Waals surface area contributed by atoms with E-state index >= 15 is 0 Å². The first-order valence-corrected chi connectivity index (χ1v) is 5.33. The van der Waals surface area contributed by atoms with E-state index in [9.17, 15) is 4.79 Å². The van der Waals surface area contributed by atoms with Crippen molar-refractivity contribution in [2.45, 2.75) is 38.8 Å². The molecule has 1 rings (SSSR count). The van der Waals surface area contributed by atoms with Crippen LogP contribution in [-0.2, 0) is 9.53 Å². The molecule has 4 heteroatoms. The maximum Gasteiger partial charge on any atom is 0.246 e. The third-order valence-electron chi connectivity index (χ3n) is 2.43. The van der Waals surface area contributed by atoms with Crippen molar-refractivity contribution in [3.8, 4) is 0 Å². The van der Waals surface area contributed by atoms with E-state index in [1.807, 2.05) is 6.92 Å². The molecular weight excluding hydrogens is 180 g/mol. The van der Waals surface area contributed by atoms with Gasteiger partial charge in [0.2, 0.25) is 5.91 Å². The highest BCUT2D eigenvalue weighted by atomic mass is 16.5. The van der Waals surface area contributed by atoms with Gasteiger partial charge >= 0.3 is 0 Å². The fourth-order valence-corrected chi connectivity index (χ4v) is 1.73. The number of hydrogen-bond acceptors (Lipinski definition) is 3. The third kappa shape index (κ3) is 4.07. The largest absolute Gasteiger partial charge is 0.372 e. The van der Waals surface area contributed by atoms with E-state index in [1.54, 1.807) is 0 Å². The molecule has 0 aliphatic carbocycles. The van der Waals surface area contributed by atoms with Crippen LogP contribution in [0.2, 0.25) is 0 Å². The van der Waals surface area contributed by atoms with Crippen molar-refractivity contribution in [3.63, 3.8) is 0 Å². The average Bonchev–Trinajstić information content (AvgIpc) is 2.15. The minimum Gasteiger partial charge on any atom is -0.372 e. The summed E-state index contributed by atoms with van der Waals surface area (Å²) in [5.74, 6) is 0.00551. The Morgan fingerprint density at radius 3 is 3.07 bits per heavy atom. The van der Waals surface area contributed by atoms with E-state index < -0.39 is 0 Å². The van der Waals surface area contributed by atoms with Crippen LogP contribution in [0.4, 0.5) is 0 Å². The van der Waals surface area contributed by atoms with Gasteiger partial charge in [-0.15, -0.1) is 0 Å². The van der Waals surface area contributed by atoms with Crippen LogP contribution in [0.1, 0.15) is 26.7 Å². The Kier molecular flexibility index (Phi) is 4.90. The second kappa shape index (κ2) is 5.98. The first kappa shape index (κ1) is 11.5. The molecule has 1 aliphatic rings. The molecular formula is C10H20N2O2. The Morgan fingerprint density at radius 1 is 1.64 bits per heavy atom. The van der Waals surface area contributed by atoms with Crippen LogP contribution in [0.5, 0.6) is 0 Å². The Morgan fingerprint density at radius 2 is 2.43 bits per heavy atom. The van der Waals surface area contributed by atoms with Crippen LogP contribution < -0.4 is 10.6 Å². The minimum atomic E-state index is 0.00551. The Hall–Kier alpha value is -0.610. The van der Waals surface area contributed by atoms with Gasteiger partial charge in [0.25, 0.3) is 0 Å². The lowest BCUT2D eigenvalue weighted by molar-refractivity contribution is -0.126. The number of nitrogens with one attached hydrogen (secondary N) is 2. The highest BCUT2D eigenvalue weighted by molar-refractivity contribution is 5.77. The molecule has 0 radical (unpaired) electrons. The van der Waals surface area contributed by atoms with Crippen LogP contribution in [0.15, 0.2) is 0 Å². The average molecular weight is 200 g/mol. The summed E-state index contributed by atoms with van der Waals surface area (Å²) < 4.78 is 5.04. The van der Waals surface area contributed by atoms with E-state index in [1.165, 1.54) is 0 Å². The highest BCUT2D eigenvalue weighted by Gasteiger charge is 2.19. The molecule has 0 aromatic carbocycles. The molecule has 0 spiro atoms. The Bertz CT molecular complexity index is 185. The van der Waals surface area contributed by atoms with Crippen LogP contribution in [0.25, 0.3) is 0 Å². The molecule has 1 amide bonds. The summed E-state index contributed by atoms with van der Waals surface area (Å²) >= 11 is 0. The van der Waals surface area contributed by atoms with Gasteiger partial charge in [-0.05, 0) is 33.2 Å². The maximum absolute atomic E-state index is 11.3. The maximum atomic E-state index is 11.3. The molecule has 2 atom stereocenters. The fourth-order valence-electron chi connectivity index (χ4n) is 1.73. The standard InChI is InChI=1S/C10H20N2O2/c1-3-14-7-10(13)12-9-4-5-11-8(2)6-9/h8-9,11H,3-7H2,1-2H3,(H,12,13). The molecule has 1 heterocycles. The summed E-state index contributed by atoms with van der Waals surface area (Å²) in [6.07, 6.45) is 2.03. The normalized spacial score (nSPS) is 27.3. The van der Waals surface area contributed by atoms with Crippen molar-refractivity contribution in [1.29, 1.82) is 0 Å². The smallest absolute Gasteiger partial charge is 0.246 e. The zero-order valence-corrected chi connectivity index (χ0v) is 9.01. The van der Waals surface area contributed by atoms with Gasteiger partial charge in [0, 0.05) is 18.7 Å². The summed E-state index contributed by atoms with van der Waals surface area (Å²) in [4.78, 5) is 11.3. The lowest BCUT2D eigenvalue weighted by atomic mass is 10.0. The van der Waals surface area contributed by atoms with E-state index in [0.29, 0.717) is 18.7 Å². The van der Waals surface area contributed by atoms with Crippen molar-refractivity contribution in [2.75, 3.05) is 19.8 Å². The number of ether oxygens (including phenoxy) is 1. The second-order valence-corrected chi connectivity index (χ2v) is 3.78. The van der Waals surface area contributed by atoms with Crippen molar-refractivity contribution in [1.82, 2.24) is 10.6 Å². The number of amides is 1. The van der Waals surface area contributed by atoms with Crippen molar-refractivity contribution >= 4 is 5.91 Å². The number of carbonyl (C=O) groups excluding carboxylic acids is 1. The summed E-state index contributed by atoms with van der Waals surface area (Å²) in [5, 5.41) is 6.33. The van der Waals surface area contributed by atoms with Crippen LogP contribution >= 0.6 is 0 Å². The zero-order valence-electron chi connectivity index (χ0n) is 9.01. The SMILES string of the molecule is CCOCC(=O)NC1CCNC(C)C1. The van der Waals surface area contributed by atoms with E-state index in [2.05, 4.69) is 17.6 Å². The molecule has 1 saturated heterocycles. The first-order valence-electron chi connectivity index (χ1n) is 5.33. The second-order valence-electron chi connectivity index (χ2n) is 3.78. The van der Waals surface area contributed by atoms with Gasteiger partial charge in [-0.1, -0.05) is 0 Å². The predicted octanol–water partition coefficient (Wildman–Crippen LogP) is 0.280. The molecule has 0 aromatic heterocycles. The molecule has 14 heavy (non-hydrogen) atoms. The van der Waals surface area contributed by atoms with Crippen molar-refractivity contribution in [3.05, 3.63) is 0 Å².